The third-order valence-electron chi connectivity index (χ3n) is 3.43. The van der Waals surface area contributed by atoms with Gasteiger partial charge >= 0.3 is 0 Å². The normalized spacial score (nSPS) is 31.7. The smallest absolute Gasteiger partial charge is 0.123 e. The minimum Gasteiger partial charge on any atom is -0.488 e. The number of rotatable bonds is 3. The minimum atomic E-state index is 0.298. The van der Waals surface area contributed by atoms with Crippen molar-refractivity contribution < 1.29 is 4.74 Å². The van der Waals surface area contributed by atoms with Crippen molar-refractivity contribution in [1.29, 1.82) is 0 Å². The van der Waals surface area contributed by atoms with E-state index in [-0.39, 0.29) is 0 Å². The summed E-state index contributed by atoms with van der Waals surface area (Å²) >= 11 is 5.94. The Balaban J connectivity index is 1.49. The van der Waals surface area contributed by atoms with Crippen molar-refractivity contribution in [3.63, 3.8) is 0 Å². The van der Waals surface area contributed by atoms with E-state index in [4.69, 9.17) is 16.3 Å². The molecule has 1 N–H and O–H groups in total. The third kappa shape index (κ3) is 2.04. The molecule has 0 amide bonds. The molecule has 2 nitrogen and oxygen atoms in total. The molecule has 0 saturated heterocycles. The van der Waals surface area contributed by atoms with E-state index >= 15 is 0 Å². The average Bonchev–Trinajstić information content (AvgIpc) is 2.65. The number of nitrogens with one attached hydrogen (secondary N) is 1. The van der Waals surface area contributed by atoms with Gasteiger partial charge in [0, 0.05) is 24.4 Å². The van der Waals surface area contributed by atoms with Crippen molar-refractivity contribution in [2.24, 2.45) is 0 Å². The minimum absolute atomic E-state index is 0.298. The molecule has 1 fully saturated rings. The molecule has 3 rings (SSSR count). The summed E-state index contributed by atoms with van der Waals surface area (Å²) < 4.78 is 5.86. The Morgan fingerprint density at radius 3 is 2.88 bits per heavy atom. The van der Waals surface area contributed by atoms with Gasteiger partial charge in [0.1, 0.15) is 11.9 Å². The quantitative estimate of drug-likeness (QED) is 0.815. The van der Waals surface area contributed by atoms with E-state index in [1.54, 1.807) is 0 Å². The number of alkyl halides is 1. The summed E-state index contributed by atoms with van der Waals surface area (Å²) in [5.41, 5.74) is 1.33. The van der Waals surface area contributed by atoms with Gasteiger partial charge in [-0.3, -0.25) is 0 Å². The number of halogens is 1. The predicted octanol–water partition coefficient (Wildman–Crippen LogP) is 2.35. The SMILES string of the molecule is ClC1CC(NCC2Cc3ccccc3O2)C1. The van der Waals surface area contributed by atoms with Crippen LogP contribution in [0.1, 0.15) is 18.4 Å². The topological polar surface area (TPSA) is 21.3 Å². The highest BCUT2D eigenvalue weighted by molar-refractivity contribution is 6.21. The Morgan fingerprint density at radius 1 is 1.31 bits per heavy atom. The van der Waals surface area contributed by atoms with E-state index in [1.165, 1.54) is 5.56 Å². The van der Waals surface area contributed by atoms with Crippen LogP contribution in [0.5, 0.6) is 5.75 Å². The summed E-state index contributed by atoms with van der Waals surface area (Å²) in [7, 11) is 0. The van der Waals surface area contributed by atoms with Crippen molar-refractivity contribution >= 4 is 11.6 Å². The number of hydrogen-bond donors (Lipinski definition) is 1. The largest absolute Gasteiger partial charge is 0.488 e. The van der Waals surface area contributed by atoms with Gasteiger partial charge in [-0.25, -0.2) is 0 Å². The molecule has 0 bridgehead atoms. The second kappa shape index (κ2) is 4.27. The van der Waals surface area contributed by atoms with Gasteiger partial charge in [0.2, 0.25) is 0 Å². The van der Waals surface area contributed by atoms with Crippen LogP contribution in [0.15, 0.2) is 24.3 Å². The van der Waals surface area contributed by atoms with Crippen LogP contribution in [0.2, 0.25) is 0 Å². The van der Waals surface area contributed by atoms with Crippen LogP contribution in [-0.2, 0) is 6.42 Å². The second-order valence-electron chi connectivity index (χ2n) is 4.73. The number of ether oxygens (including phenoxy) is 1. The van der Waals surface area contributed by atoms with Crippen molar-refractivity contribution in [1.82, 2.24) is 5.32 Å². The highest BCUT2D eigenvalue weighted by Crippen LogP contribution is 2.29. The van der Waals surface area contributed by atoms with Crippen LogP contribution in [0, 0.1) is 0 Å². The van der Waals surface area contributed by atoms with Crippen LogP contribution in [-0.4, -0.2) is 24.1 Å². The van der Waals surface area contributed by atoms with Gasteiger partial charge < -0.3 is 10.1 Å². The van der Waals surface area contributed by atoms with Crippen LogP contribution in [0.4, 0.5) is 0 Å². The molecule has 0 radical (unpaired) electrons. The maximum atomic E-state index is 5.94. The van der Waals surface area contributed by atoms with Crippen molar-refractivity contribution in [2.75, 3.05) is 6.54 Å². The van der Waals surface area contributed by atoms with E-state index in [9.17, 15) is 0 Å². The molecular formula is C13H16ClNO. The molecule has 1 aliphatic heterocycles. The molecular weight excluding hydrogens is 222 g/mol. The van der Waals surface area contributed by atoms with Crippen LogP contribution >= 0.6 is 11.6 Å². The summed E-state index contributed by atoms with van der Waals surface area (Å²) in [5.74, 6) is 1.05. The lowest BCUT2D eigenvalue weighted by molar-refractivity contribution is 0.208. The molecule has 16 heavy (non-hydrogen) atoms. The van der Waals surface area contributed by atoms with Gasteiger partial charge in [0.25, 0.3) is 0 Å². The second-order valence-corrected chi connectivity index (χ2v) is 5.34. The zero-order valence-corrected chi connectivity index (χ0v) is 9.91. The molecule has 86 valence electrons. The van der Waals surface area contributed by atoms with E-state index in [1.807, 2.05) is 12.1 Å². The van der Waals surface area contributed by atoms with Crippen LogP contribution in [0.25, 0.3) is 0 Å². The first-order chi connectivity index (χ1) is 7.81. The first-order valence-electron chi connectivity index (χ1n) is 5.93. The average molecular weight is 238 g/mol. The predicted molar refractivity (Wildman–Crippen MR) is 65.2 cm³/mol. The van der Waals surface area contributed by atoms with Gasteiger partial charge in [0.05, 0.1) is 0 Å². The monoisotopic (exact) mass is 237 g/mol. The van der Waals surface area contributed by atoms with Crippen LogP contribution < -0.4 is 10.1 Å². The zero-order valence-electron chi connectivity index (χ0n) is 9.16. The van der Waals surface area contributed by atoms with Gasteiger partial charge in [-0.15, -0.1) is 11.6 Å². The Kier molecular flexibility index (Phi) is 2.78. The maximum Gasteiger partial charge on any atom is 0.123 e. The molecule has 1 aromatic carbocycles. The van der Waals surface area contributed by atoms with Gasteiger partial charge in [-0.1, -0.05) is 18.2 Å². The Hall–Kier alpha value is -0.730. The number of fused-ring (bicyclic) bond motifs is 1. The zero-order chi connectivity index (χ0) is 11.0. The van der Waals surface area contributed by atoms with Gasteiger partial charge in [-0.2, -0.15) is 0 Å². The molecule has 1 atom stereocenters. The standard InChI is InChI=1S/C13H16ClNO/c14-10-6-11(7-10)15-8-12-5-9-3-1-2-4-13(9)16-12/h1-4,10-12,15H,5-8H2. The molecule has 0 spiro atoms. The highest BCUT2D eigenvalue weighted by atomic mass is 35.5. The maximum absolute atomic E-state index is 5.94. The molecule has 1 heterocycles. The molecule has 2 aliphatic rings. The molecule has 1 aliphatic carbocycles. The first-order valence-corrected chi connectivity index (χ1v) is 6.37. The summed E-state index contributed by atoms with van der Waals surface area (Å²) in [5, 5.41) is 3.90. The summed E-state index contributed by atoms with van der Waals surface area (Å²) in [4.78, 5) is 0. The number of hydrogen-bond acceptors (Lipinski definition) is 2. The molecule has 0 aromatic heterocycles. The summed E-state index contributed by atoms with van der Waals surface area (Å²) in [6, 6.07) is 8.90. The van der Waals surface area contributed by atoms with Crippen LogP contribution in [0.3, 0.4) is 0 Å². The van der Waals surface area contributed by atoms with E-state index < -0.39 is 0 Å². The van der Waals surface area contributed by atoms with E-state index in [0.717, 1.165) is 31.6 Å². The van der Waals surface area contributed by atoms with Crippen molar-refractivity contribution in [3.05, 3.63) is 29.8 Å². The van der Waals surface area contributed by atoms with Crippen molar-refractivity contribution in [2.45, 2.75) is 36.8 Å². The van der Waals surface area contributed by atoms with Gasteiger partial charge in [-0.05, 0) is 24.5 Å². The lowest BCUT2D eigenvalue weighted by Crippen LogP contribution is -2.45. The Labute approximate surface area is 101 Å². The van der Waals surface area contributed by atoms with Gasteiger partial charge in [0.15, 0.2) is 0 Å². The van der Waals surface area contributed by atoms with E-state index in [2.05, 4.69) is 17.4 Å². The Morgan fingerprint density at radius 2 is 2.12 bits per heavy atom. The number of benzene rings is 1. The lowest BCUT2D eigenvalue weighted by Gasteiger charge is -2.32. The molecule has 3 heteroatoms. The van der Waals surface area contributed by atoms with E-state index in [0.29, 0.717) is 17.5 Å². The molecule has 1 saturated carbocycles. The third-order valence-corrected chi connectivity index (χ3v) is 3.78. The Bertz CT molecular complexity index is 351. The molecule has 1 aromatic rings. The fraction of sp³-hybridized carbons (Fsp3) is 0.538. The summed E-state index contributed by atoms with van der Waals surface area (Å²) in [6.07, 6.45) is 3.52. The first kappa shape index (κ1) is 10.4. The fourth-order valence-electron chi connectivity index (χ4n) is 2.38. The fourth-order valence-corrected chi connectivity index (χ4v) is 2.81. The highest BCUT2D eigenvalue weighted by Gasteiger charge is 2.29. The number of para-hydroxylation sites is 1. The summed E-state index contributed by atoms with van der Waals surface area (Å²) in [6.45, 7) is 0.933. The molecule has 1 unspecified atom stereocenters. The lowest BCUT2D eigenvalue weighted by atomic mass is 9.92. The van der Waals surface area contributed by atoms with Crippen molar-refractivity contribution in [3.8, 4) is 5.75 Å².